The summed E-state index contributed by atoms with van der Waals surface area (Å²) >= 11 is 0. The van der Waals surface area contributed by atoms with E-state index < -0.39 is 17.6 Å². The second-order valence-corrected chi connectivity index (χ2v) is 8.02. The van der Waals surface area contributed by atoms with Gasteiger partial charge in [-0.05, 0) is 74.6 Å². The molecule has 2 aromatic rings. The lowest BCUT2D eigenvalue weighted by atomic mass is 10.0. The van der Waals surface area contributed by atoms with E-state index in [1.807, 2.05) is 26.0 Å². The van der Waals surface area contributed by atoms with Crippen LogP contribution in [0.1, 0.15) is 36.0 Å². The van der Waals surface area contributed by atoms with Crippen molar-refractivity contribution in [1.29, 1.82) is 0 Å². The van der Waals surface area contributed by atoms with Crippen molar-refractivity contribution in [2.75, 3.05) is 16.8 Å². The number of amides is 2. The van der Waals surface area contributed by atoms with Gasteiger partial charge in [0, 0.05) is 11.4 Å². The SMILES string of the molecule is Cc1cc2c(cc1C)N(CC(=O)Nc1cccc(C(F)(F)F)c1)C(=O)C1CCCC1=N2. The molecule has 0 bridgehead atoms. The Morgan fingerprint density at radius 3 is 2.68 bits per heavy atom. The third kappa shape index (κ3) is 4.19. The second-order valence-electron chi connectivity index (χ2n) is 8.02. The van der Waals surface area contributed by atoms with Gasteiger partial charge in [-0.2, -0.15) is 13.2 Å². The molecule has 4 rings (SSSR count). The van der Waals surface area contributed by atoms with Gasteiger partial charge in [-0.1, -0.05) is 6.07 Å². The third-order valence-electron chi connectivity index (χ3n) is 5.81. The van der Waals surface area contributed by atoms with Crippen molar-refractivity contribution in [3.8, 4) is 0 Å². The van der Waals surface area contributed by atoms with Crippen LogP contribution in [-0.2, 0) is 15.8 Å². The van der Waals surface area contributed by atoms with Gasteiger partial charge in [0.25, 0.3) is 0 Å². The van der Waals surface area contributed by atoms with Crippen molar-refractivity contribution in [2.45, 2.75) is 39.3 Å². The first-order valence-electron chi connectivity index (χ1n) is 10.1. The van der Waals surface area contributed by atoms with Crippen LogP contribution in [-0.4, -0.2) is 24.1 Å². The molecule has 1 atom stereocenters. The minimum absolute atomic E-state index is 0.0280. The molecule has 1 N–H and O–H groups in total. The highest BCUT2D eigenvalue weighted by atomic mass is 19.4. The summed E-state index contributed by atoms with van der Waals surface area (Å²) in [5.41, 5.74) is 3.19. The summed E-state index contributed by atoms with van der Waals surface area (Å²) in [5.74, 6) is -1.13. The largest absolute Gasteiger partial charge is 0.416 e. The summed E-state index contributed by atoms with van der Waals surface area (Å²) in [5, 5.41) is 2.49. The molecule has 1 aliphatic carbocycles. The van der Waals surface area contributed by atoms with Gasteiger partial charge in [0.1, 0.15) is 6.54 Å². The average Bonchev–Trinajstić information content (AvgIpc) is 3.13. The van der Waals surface area contributed by atoms with Gasteiger partial charge in [0.05, 0.1) is 22.9 Å². The molecule has 1 aliphatic heterocycles. The summed E-state index contributed by atoms with van der Waals surface area (Å²) < 4.78 is 38.9. The van der Waals surface area contributed by atoms with Crippen LogP contribution in [0.2, 0.25) is 0 Å². The molecule has 0 aromatic heterocycles. The maximum atomic E-state index is 13.3. The summed E-state index contributed by atoms with van der Waals surface area (Å²) in [6, 6.07) is 8.18. The van der Waals surface area contributed by atoms with Crippen LogP contribution in [0.15, 0.2) is 41.4 Å². The lowest BCUT2D eigenvalue weighted by Crippen LogP contribution is -2.42. The second kappa shape index (κ2) is 7.83. The zero-order valence-corrected chi connectivity index (χ0v) is 17.2. The van der Waals surface area contributed by atoms with E-state index in [4.69, 9.17) is 4.99 Å². The number of fused-ring (bicyclic) bond motifs is 2. The van der Waals surface area contributed by atoms with Crippen LogP contribution in [0.25, 0.3) is 0 Å². The predicted octanol–water partition coefficient (Wildman–Crippen LogP) is 5.18. The average molecular weight is 429 g/mol. The molecule has 0 spiro atoms. The van der Waals surface area contributed by atoms with Crippen molar-refractivity contribution in [2.24, 2.45) is 10.9 Å². The van der Waals surface area contributed by atoms with E-state index in [1.54, 1.807) is 0 Å². The fourth-order valence-corrected chi connectivity index (χ4v) is 4.06. The molecule has 31 heavy (non-hydrogen) atoms. The number of hydrogen-bond donors (Lipinski definition) is 1. The minimum Gasteiger partial charge on any atom is -0.325 e. The first-order valence-corrected chi connectivity index (χ1v) is 10.1. The Labute approximate surface area is 178 Å². The maximum Gasteiger partial charge on any atom is 0.416 e. The Bertz CT molecular complexity index is 1090. The van der Waals surface area contributed by atoms with E-state index in [-0.39, 0.29) is 24.1 Å². The van der Waals surface area contributed by atoms with E-state index in [1.165, 1.54) is 17.0 Å². The number of carbonyl (C=O) groups is 2. The van der Waals surface area contributed by atoms with Crippen molar-refractivity contribution < 1.29 is 22.8 Å². The number of nitrogens with one attached hydrogen (secondary N) is 1. The van der Waals surface area contributed by atoms with E-state index in [0.717, 1.165) is 41.8 Å². The first-order chi connectivity index (χ1) is 14.6. The predicted molar refractivity (Wildman–Crippen MR) is 113 cm³/mol. The Kier molecular flexibility index (Phi) is 5.33. The lowest BCUT2D eigenvalue weighted by molar-refractivity contribution is -0.137. The Morgan fingerprint density at radius 1 is 1.19 bits per heavy atom. The molecule has 2 aromatic carbocycles. The Hall–Kier alpha value is -3.16. The van der Waals surface area contributed by atoms with Gasteiger partial charge in [-0.25, -0.2) is 0 Å². The molecule has 2 aliphatic rings. The van der Waals surface area contributed by atoms with Crippen molar-refractivity contribution in [3.05, 3.63) is 53.1 Å². The molecule has 162 valence electrons. The van der Waals surface area contributed by atoms with Crippen LogP contribution in [0.3, 0.4) is 0 Å². The van der Waals surface area contributed by atoms with Gasteiger partial charge < -0.3 is 10.2 Å². The molecule has 1 fully saturated rings. The van der Waals surface area contributed by atoms with E-state index in [0.29, 0.717) is 17.8 Å². The number of halogens is 3. The van der Waals surface area contributed by atoms with Crippen molar-refractivity contribution >= 4 is 34.6 Å². The molecule has 0 radical (unpaired) electrons. The standard InChI is InChI=1S/C23H22F3N3O2/c1-13-9-19-20(10-14(13)2)29(22(31)17-7-4-8-18(17)28-19)12-21(30)27-16-6-3-5-15(11-16)23(24,25)26/h3,5-6,9-11,17H,4,7-8,12H2,1-2H3,(H,27,30). The fourth-order valence-electron chi connectivity index (χ4n) is 4.06. The fraction of sp³-hybridized carbons (Fsp3) is 0.348. The number of benzene rings is 2. The molecule has 8 heteroatoms. The molecular formula is C23H22F3N3O2. The molecule has 0 saturated heterocycles. The number of rotatable bonds is 3. The highest BCUT2D eigenvalue weighted by molar-refractivity contribution is 6.17. The molecule has 2 amide bonds. The number of anilines is 2. The minimum atomic E-state index is -4.51. The van der Waals surface area contributed by atoms with Gasteiger partial charge >= 0.3 is 6.18 Å². The van der Waals surface area contributed by atoms with Gasteiger partial charge in [-0.3, -0.25) is 14.6 Å². The van der Waals surface area contributed by atoms with E-state index >= 15 is 0 Å². The number of aryl methyl sites for hydroxylation is 2. The first kappa shape index (κ1) is 21.1. The summed E-state index contributed by atoms with van der Waals surface area (Å²) in [4.78, 5) is 32.2. The van der Waals surface area contributed by atoms with Crippen LogP contribution in [0.5, 0.6) is 0 Å². The van der Waals surface area contributed by atoms with E-state index in [9.17, 15) is 22.8 Å². The topological polar surface area (TPSA) is 61.8 Å². The van der Waals surface area contributed by atoms with E-state index in [2.05, 4.69) is 5.32 Å². The smallest absolute Gasteiger partial charge is 0.325 e. The number of carbonyl (C=O) groups excluding carboxylic acids is 2. The molecule has 5 nitrogen and oxygen atoms in total. The molecule has 1 saturated carbocycles. The number of hydrogen-bond acceptors (Lipinski definition) is 3. The monoisotopic (exact) mass is 429 g/mol. The van der Waals surface area contributed by atoms with Crippen molar-refractivity contribution in [3.63, 3.8) is 0 Å². The van der Waals surface area contributed by atoms with Crippen LogP contribution >= 0.6 is 0 Å². The van der Waals surface area contributed by atoms with Crippen LogP contribution in [0, 0.1) is 19.8 Å². The van der Waals surface area contributed by atoms with Crippen molar-refractivity contribution in [1.82, 2.24) is 0 Å². The highest BCUT2D eigenvalue weighted by Gasteiger charge is 2.37. The third-order valence-corrected chi connectivity index (χ3v) is 5.81. The normalized spacial score (nSPS) is 18.2. The summed E-state index contributed by atoms with van der Waals surface area (Å²) in [7, 11) is 0. The lowest BCUT2D eigenvalue weighted by Gasteiger charge is -2.25. The zero-order valence-electron chi connectivity index (χ0n) is 17.2. The number of nitrogens with zero attached hydrogens (tertiary/aromatic N) is 2. The zero-order chi connectivity index (χ0) is 22.3. The number of alkyl halides is 3. The Morgan fingerprint density at radius 2 is 1.94 bits per heavy atom. The maximum absolute atomic E-state index is 13.3. The molecule has 1 unspecified atom stereocenters. The van der Waals surface area contributed by atoms with Gasteiger partial charge in [0.15, 0.2) is 0 Å². The Balaban J connectivity index is 1.63. The summed E-state index contributed by atoms with van der Waals surface area (Å²) in [6.45, 7) is 3.57. The van der Waals surface area contributed by atoms with Crippen LogP contribution in [0.4, 0.5) is 30.2 Å². The van der Waals surface area contributed by atoms with Gasteiger partial charge in [0.2, 0.25) is 11.8 Å². The quantitative estimate of drug-likeness (QED) is 0.731. The van der Waals surface area contributed by atoms with Gasteiger partial charge in [-0.15, -0.1) is 0 Å². The summed E-state index contributed by atoms with van der Waals surface area (Å²) in [6.07, 6.45) is -2.23. The van der Waals surface area contributed by atoms with Crippen LogP contribution < -0.4 is 10.2 Å². The number of aliphatic imine (C=N–C) groups is 1. The highest BCUT2D eigenvalue weighted by Crippen LogP contribution is 2.39. The molecule has 1 heterocycles. The molecular weight excluding hydrogens is 407 g/mol.